The molecule has 0 bridgehead atoms. The van der Waals surface area contributed by atoms with Gasteiger partial charge in [0, 0.05) is 25.0 Å². The Kier molecular flexibility index (Phi) is 6.37. The van der Waals surface area contributed by atoms with Crippen LogP contribution in [0, 0.1) is 0 Å². The third-order valence-corrected chi connectivity index (χ3v) is 2.16. The molecule has 106 valence electrons. The summed E-state index contributed by atoms with van der Waals surface area (Å²) >= 11 is 0. The van der Waals surface area contributed by atoms with Gasteiger partial charge in [-0.15, -0.1) is 0 Å². The van der Waals surface area contributed by atoms with Gasteiger partial charge in [-0.25, -0.2) is 9.59 Å². The van der Waals surface area contributed by atoms with Crippen molar-refractivity contribution in [1.82, 2.24) is 20.4 Å². The molecule has 3 N–H and O–H groups in total. The number of hydrogen-bond acceptors (Lipinski definition) is 4. The molecule has 1 heterocycles. The molecule has 0 aliphatic heterocycles. The van der Waals surface area contributed by atoms with Crippen molar-refractivity contribution in [3.8, 4) is 0 Å². The highest BCUT2D eigenvalue weighted by molar-refractivity contribution is 5.74. The zero-order valence-electron chi connectivity index (χ0n) is 10.7. The minimum atomic E-state index is -1.03. The van der Waals surface area contributed by atoms with Gasteiger partial charge in [0.05, 0.1) is 13.2 Å². The van der Waals surface area contributed by atoms with Crippen LogP contribution < -0.4 is 10.6 Å². The Morgan fingerprint density at radius 2 is 2.32 bits per heavy atom. The summed E-state index contributed by atoms with van der Waals surface area (Å²) in [4.78, 5) is 21.6. The second kappa shape index (κ2) is 8.09. The molecule has 19 heavy (non-hydrogen) atoms. The zero-order chi connectivity index (χ0) is 14.1. The van der Waals surface area contributed by atoms with Gasteiger partial charge in [-0.2, -0.15) is 5.10 Å². The van der Waals surface area contributed by atoms with Crippen molar-refractivity contribution in [2.75, 3.05) is 19.8 Å². The van der Waals surface area contributed by atoms with Crippen LogP contribution in [0.1, 0.15) is 6.92 Å². The Labute approximate surface area is 110 Å². The van der Waals surface area contributed by atoms with Gasteiger partial charge in [-0.05, 0) is 13.0 Å². The first-order chi connectivity index (χ1) is 9.08. The number of aromatic nitrogens is 2. The topological polar surface area (TPSA) is 105 Å². The maximum atomic E-state index is 11.5. The number of urea groups is 1. The smallest absolute Gasteiger partial charge is 0.329 e. The standard InChI is InChI=1S/C11H18N4O4/c1-9(7-15-5-2-3-13-15)14-11(18)12-4-6-19-8-10(16)17/h2-3,5,9H,4,6-8H2,1H3,(H,16,17)(H2,12,14,18). The summed E-state index contributed by atoms with van der Waals surface area (Å²) in [5, 5.41) is 17.7. The van der Waals surface area contributed by atoms with E-state index in [1.54, 1.807) is 10.9 Å². The zero-order valence-corrected chi connectivity index (χ0v) is 10.7. The van der Waals surface area contributed by atoms with Crippen LogP contribution in [-0.2, 0) is 16.1 Å². The van der Waals surface area contributed by atoms with E-state index < -0.39 is 5.97 Å². The van der Waals surface area contributed by atoms with Gasteiger partial charge >= 0.3 is 12.0 Å². The van der Waals surface area contributed by atoms with Crippen LogP contribution in [0.15, 0.2) is 18.5 Å². The van der Waals surface area contributed by atoms with Crippen LogP contribution in [0.2, 0.25) is 0 Å². The molecule has 1 unspecified atom stereocenters. The van der Waals surface area contributed by atoms with Gasteiger partial charge in [0.25, 0.3) is 0 Å². The van der Waals surface area contributed by atoms with Crippen LogP contribution in [-0.4, -0.2) is 52.7 Å². The predicted octanol–water partition coefficient (Wildman–Crippen LogP) is -0.328. The average Bonchev–Trinajstić information content (AvgIpc) is 2.80. The molecule has 8 heteroatoms. The summed E-state index contributed by atoms with van der Waals surface area (Å²) in [7, 11) is 0. The number of nitrogens with zero attached hydrogens (tertiary/aromatic N) is 2. The number of nitrogens with one attached hydrogen (secondary N) is 2. The van der Waals surface area contributed by atoms with Crippen molar-refractivity contribution in [2.24, 2.45) is 0 Å². The minimum absolute atomic E-state index is 0.0696. The molecule has 1 aromatic heterocycles. The molecular weight excluding hydrogens is 252 g/mol. The lowest BCUT2D eigenvalue weighted by Crippen LogP contribution is -2.43. The number of carbonyl (C=O) groups excluding carboxylic acids is 1. The molecule has 8 nitrogen and oxygen atoms in total. The van der Waals surface area contributed by atoms with Crippen molar-refractivity contribution in [3.63, 3.8) is 0 Å². The first-order valence-electron chi connectivity index (χ1n) is 5.89. The molecule has 1 atom stereocenters. The van der Waals surface area contributed by atoms with Gasteiger partial charge in [0.2, 0.25) is 0 Å². The van der Waals surface area contributed by atoms with Crippen molar-refractivity contribution >= 4 is 12.0 Å². The first kappa shape index (κ1) is 15.0. The van der Waals surface area contributed by atoms with E-state index in [-0.39, 0.29) is 31.8 Å². The molecule has 1 aromatic rings. The van der Waals surface area contributed by atoms with Crippen LogP contribution >= 0.6 is 0 Å². The van der Waals surface area contributed by atoms with E-state index >= 15 is 0 Å². The van der Waals surface area contributed by atoms with Gasteiger partial charge in [0.1, 0.15) is 6.61 Å². The molecule has 0 spiro atoms. The van der Waals surface area contributed by atoms with Crippen molar-refractivity contribution in [2.45, 2.75) is 19.5 Å². The summed E-state index contributed by atoms with van der Waals surface area (Å²) < 4.78 is 6.50. The number of hydrogen-bond donors (Lipinski definition) is 3. The Morgan fingerprint density at radius 3 is 2.95 bits per heavy atom. The van der Waals surface area contributed by atoms with E-state index in [0.29, 0.717) is 6.54 Å². The van der Waals surface area contributed by atoms with Crippen LogP contribution in [0.25, 0.3) is 0 Å². The van der Waals surface area contributed by atoms with Gasteiger partial charge < -0.3 is 20.5 Å². The SMILES string of the molecule is CC(Cn1cccn1)NC(=O)NCCOCC(=O)O. The summed E-state index contributed by atoms with van der Waals surface area (Å²) in [5.41, 5.74) is 0. The van der Waals surface area contributed by atoms with Crippen molar-refractivity contribution in [1.29, 1.82) is 0 Å². The summed E-state index contributed by atoms with van der Waals surface area (Å²) in [6.45, 7) is 2.50. The summed E-state index contributed by atoms with van der Waals surface area (Å²) in [6.07, 6.45) is 3.49. The average molecular weight is 270 g/mol. The summed E-state index contributed by atoms with van der Waals surface area (Å²) in [5.74, 6) is -1.03. The highest BCUT2D eigenvalue weighted by atomic mass is 16.5. The van der Waals surface area contributed by atoms with Gasteiger partial charge in [0.15, 0.2) is 0 Å². The van der Waals surface area contributed by atoms with E-state index in [4.69, 9.17) is 9.84 Å². The number of carboxylic acids is 1. The van der Waals surface area contributed by atoms with E-state index in [1.807, 2.05) is 19.2 Å². The minimum Gasteiger partial charge on any atom is -0.480 e. The molecule has 2 amide bonds. The second-order valence-corrected chi connectivity index (χ2v) is 3.98. The maximum Gasteiger partial charge on any atom is 0.329 e. The van der Waals surface area contributed by atoms with E-state index in [0.717, 1.165) is 0 Å². The number of ether oxygens (including phenoxy) is 1. The monoisotopic (exact) mass is 270 g/mol. The van der Waals surface area contributed by atoms with E-state index in [2.05, 4.69) is 15.7 Å². The first-order valence-corrected chi connectivity index (χ1v) is 5.89. The lowest BCUT2D eigenvalue weighted by atomic mass is 10.3. The van der Waals surface area contributed by atoms with Crippen molar-refractivity contribution < 1.29 is 19.4 Å². The fourth-order valence-electron chi connectivity index (χ4n) is 1.41. The number of rotatable bonds is 8. The highest BCUT2D eigenvalue weighted by Crippen LogP contribution is 1.90. The lowest BCUT2D eigenvalue weighted by molar-refractivity contribution is -0.142. The summed E-state index contributed by atoms with van der Waals surface area (Å²) in [6, 6.07) is 1.42. The van der Waals surface area contributed by atoms with Crippen molar-refractivity contribution in [3.05, 3.63) is 18.5 Å². The van der Waals surface area contributed by atoms with Gasteiger partial charge in [-0.1, -0.05) is 0 Å². The third kappa shape index (κ3) is 7.04. The Balaban J connectivity index is 2.08. The van der Waals surface area contributed by atoms with Crippen LogP contribution in [0.3, 0.4) is 0 Å². The number of carboxylic acid groups (broad SMARTS) is 1. The Morgan fingerprint density at radius 1 is 1.53 bits per heavy atom. The molecule has 0 saturated heterocycles. The van der Waals surface area contributed by atoms with Crippen LogP contribution in [0.5, 0.6) is 0 Å². The van der Waals surface area contributed by atoms with Gasteiger partial charge in [-0.3, -0.25) is 4.68 Å². The maximum absolute atomic E-state index is 11.5. The fraction of sp³-hybridized carbons (Fsp3) is 0.545. The highest BCUT2D eigenvalue weighted by Gasteiger charge is 2.07. The largest absolute Gasteiger partial charge is 0.480 e. The number of carbonyl (C=O) groups is 2. The van der Waals surface area contributed by atoms with Crippen LogP contribution in [0.4, 0.5) is 4.79 Å². The molecule has 0 aliphatic carbocycles. The molecule has 0 aromatic carbocycles. The molecular formula is C11H18N4O4. The second-order valence-electron chi connectivity index (χ2n) is 3.98. The molecule has 0 aliphatic rings. The third-order valence-electron chi connectivity index (χ3n) is 2.16. The van der Waals surface area contributed by atoms with E-state index in [1.165, 1.54) is 0 Å². The lowest BCUT2D eigenvalue weighted by Gasteiger charge is -2.14. The molecule has 0 saturated carbocycles. The molecule has 1 rings (SSSR count). The molecule has 0 radical (unpaired) electrons. The number of amides is 2. The quantitative estimate of drug-likeness (QED) is 0.561. The molecule has 0 fully saturated rings. The Bertz CT molecular complexity index is 393. The number of aliphatic carboxylic acids is 1. The predicted molar refractivity (Wildman–Crippen MR) is 66.7 cm³/mol. The fourth-order valence-corrected chi connectivity index (χ4v) is 1.41. The Hall–Kier alpha value is -2.09. The van der Waals surface area contributed by atoms with E-state index in [9.17, 15) is 9.59 Å². The normalized spacial score (nSPS) is 11.8.